The number of carbonyl (C=O) groups is 1. The van der Waals surface area contributed by atoms with E-state index in [2.05, 4.69) is 10.3 Å². The van der Waals surface area contributed by atoms with Gasteiger partial charge in [0.1, 0.15) is 12.4 Å². The zero-order valence-electron chi connectivity index (χ0n) is 13.8. The monoisotopic (exact) mass is 350 g/mol. The minimum absolute atomic E-state index is 0.128. The minimum Gasteiger partial charge on any atom is -0.488 e. The Kier molecular flexibility index (Phi) is 5.59. The molecule has 0 unspecified atom stereocenters. The summed E-state index contributed by atoms with van der Waals surface area (Å²) in [4.78, 5) is 16.9. The summed E-state index contributed by atoms with van der Waals surface area (Å²) in [6, 6.07) is 13.3. The Labute approximate surface area is 150 Å². The van der Waals surface area contributed by atoms with Gasteiger partial charge in [-0.2, -0.15) is 0 Å². The van der Waals surface area contributed by atoms with Crippen molar-refractivity contribution in [3.63, 3.8) is 0 Å². The lowest BCUT2D eigenvalue weighted by atomic mass is 10.2. The van der Waals surface area contributed by atoms with Crippen LogP contribution in [0.2, 0.25) is 0 Å². The van der Waals surface area contributed by atoms with Crippen LogP contribution in [0, 0.1) is 0 Å². The number of rotatable bonds is 6. The Morgan fingerprint density at radius 3 is 2.84 bits per heavy atom. The third kappa shape index (κ3) is 4.55. The van der Waals surface area contributed by atoms with E-state index < -0.39 is 0 Å². The lowest BCUT2D eigenvalue weighted by Crippen LogP contribution is -2.10. The molecule has 0 fully saturated rings. The highest BCUT2D eigenvalue weighted by Gasteiger charge is 2.10. The van der Waals surface area contributed by atoms with Crippen molar-refractivity contribution in [2.75, 3.05) is 5.32 Å². The van der Waals surface area contributed by atoms with E-state index in [0.29, 0.717) is 11.5 Å². The van der Waals surface area contributed by atoms with E-state index in [4.69, 9.17) is 4.74 Å². The van der Waals surface area contributed by atoms with Gasteiger partial charge in [0.15, 0.2) is 0 Å². The number of pyridine rings is 1. The first kappa shape index (κ1) is 16.9. The maximum atomic E-state index is 12.3. The Balaban J connectivity index is 1.63. The Morgan fingerprint density at radius 2 is 2.04 bits per heavy atom. The average Bonchev–Trinajstić information content (AvgIpc) is 3.11. The molecule has 0 saturated carbocycles. The molecule has 0 aliphatic carbocycles. The molecular weight excluding hydrogens is 332 g/mol. The van der Waals surface area contributed by atoms with Crippen LogP contribution in [0.4, 0.5) is 5.69 Å². The van der Waals surface area contributed by atoms with Gasteiger partial charge in [-0.3, -0.25) is 9.78 Å². The molecule has 4 nitrogen and oxygen atoms in total. The molecule has 0 bridgehead atoms. The van der Waals surface area contributed by atoms with Crippen LogP contribution in [0.15, 0.2) is 66.3 Å². The number of ether oxygens (including phenoxy) is 1. The highest BCUT2D eigenvalue weighted by Crippen LogP contribution is 2.23. The quantitative estimate of drug-likeness (QED) is 0.680. The topological polar surface area (TPSA) is 51.2 Å². The van der Waals surface area contributed by atoms with Gasteiger partial charge in [0, 0.05) is 29.2 Å². The Morgan fingerprint density at radius 1 is 1.24 bits per heavy atom. The lowest BCUT2D eigenvalue weighted by Gasteiger charge is -2.08. The number of carbonyl (C=O) groups excluding carboxylic acids is 1. The molecular formula is C20H18N2O2S. The van der Waals surface area contributed by atoms with Gasteiger partial charge < -0.3 is 10.1 Å². The number of amides is 1. The number of nitrogens with one attached hydrogen (secondary N) is 1. The van der Waals surface area contributed by atoms with Gasteiger partial charge in [0.25, 0.3) is 5.91 Å². The molecule has 3 rings (SSSR count). The van der Waals surface area contributed by atoms with Crippen molar-refractivity contribution in [1.29, 1.82) is 0 Å². The van der Waals surface area contributed by atoms with Crippen molar-refractivity contribution in [2.24, 2.45) is 0 Å². The molecule has 0 spiro atoms. The van der Waals surface area contributed by atoms with Crippen molar-refractivity contribution >= 4 is 29.0 Å². The van der Waals surface area contributed by atoms with Crippen molar-refractivity contribution in [2.45, 2.75) is 13.5 Å². The SMILES string of the molecule is C/C=C/c1ccccc1OCc1csc(C(=O)Nc2ccncc2)c1. The van der Waals surface area contributed by atoms with Crippen molar-refractivity contribution < 1.29 is 9.53 Å². The summed E-state index contributed by atoms with van der Waals surface area (Å²) in [5.41, 5.74) is 2.74. The van der Waals surface area contributed by atoms with Crippen LogP contribution in [-0.2, 0) is 6.61 Å². The average molecular weight is 350 g/mol. The maximum Gasteiger partial charge on any atom is 0.265 e. The number of anilines is 1. The fraction of sp³-hybridized carbons (Fsp3) is 0.100. The van der Waals surface area contributed by atoms with E-state index in [9.17, 15) is 4.79 Å². The lowest BCUT2D eigenvalue weighted by molar-refractivity contribution is 0.103. The number of benzene rings is 1. The van der Waals surface area contributed by atoms with Crippen LogP contribution < -0.4 is 10.1 Å². The van der Waals surface area contributed by atoms with E-state index in [1.807, 2.05) is 54.8 Å². The molecule has 3 aromatic rings. The van der Waals surface area contributed by atoms with Crippen molar-refractivity contribution in [1.82, 2.24) is 4.98 Å². The summed E-state index contributed by atoms with van der Waals surface area (Å²) in [5, 5.41) is 4.80. The highest BCUT2D eigenvalue weighted by molar-refractivity contribution is 7.12. The molecule has 0 aliphatic heterocycles. The van der Waals surface area contributed by atoms with Gasteiger partial charge in [0.2, 0.25) is 0 Å². The second-order valence-electron chi connectivity index (χ2n) is 5.34. The van der Waals surface area contributed by atoms with E-state index >= 15 is 0 Å². The molecule has 126 valence electrons. The number of aromatic nitrogens is 1. The molecule has 0 radical (unpaired) electrons. The summed E-state index contributed by atoms with van der Waals surface area (Å²) in [5.74, 6) is 0.700. The summed E-state index contributed by atoms with van der Waals surface area (Å²) in [6.45, 7) is 2.40. The third-order valence-electron chi connectivity index (χ3n) is 3.48. The predicted octanol–water partition coefficient (Wildman–Crippen LogP) is 5.01. The molecule has 1 N–H and O–H groups in total. The summed E-state index contributed by atoms with van der Waals surface area (Å²) in [6.07, 6.45) is 7.28. The predicted molar refractivity (Wildman–Crippen MR) is 102 cm³/mol. The zero-order chi connectivity index (χ0) is 17.5. The first-order chi connectivity index (χ1) is 12.3. The number of nitrogens with zero attached hydrogens (tertiary/aromatic N) is 1. The normalized spacial score (nSPS) is 10.8. The number of thiophene rings is 1. The molecule has 2 aromatic heterocycles. The zero-order valence-corrected chi connectivity index (χ0v) is 14.6. The molecule has 5 heteroatoms. The minimum atomic E-state index is -0.128. The molecule has 2 heterocycles. The first-order valence-electron chi connectivity index (χ1n) is 7.89. The van der Waals surface area contributed by atoms with Crippen LogP contribution in [-0.4, -0.2) is 10.9 Å². The number of para-hydroxylation sites is 1. The van der Waals surface area contributed by atoms with Crippen LogP contribution in [0.1, 0.15) is 27.7 Å². The van der Waals surface area contributed by atoms with Gasteiger partial charge in [-0.05, 0) is 36.6 Å². The number of hydrogen-bond acceptors (Lipinski definition) is 4. The molecule has 0 saturated heterocycles. The molecule has 0 atom stereocenters. The Hall–Kier alpha value is -2.92. The van der Waals surface area contributed by atoms with Gasteiger partial charge in [-0.15, -0.1) is 11.3 Å². The molecule has 1 aromatic carbocycles. The van der Waals surface area contributed by atoms with E-state index in [-0.39, 0.29) is 5.91 Å². The standard InChI is InChI=1S/C20H18N2O2S/c1-2-5-16-6-3-4-7-18(16)24-13-15-12-19(25-14-15)20(23)22-17-8-10-21-11-9-17/h2-12,14H,13H2,1H3,(H,21,22,23)/b5-2+. The highest BCUT2D eigenvalue weighted by atomic mass is 32.1. The van der Waals surface area contributed by atoms with Crippen LogP contribution >= 0.6 is 11.3 Å². The summed E-state index contributed by atoms with van der Waals surface area (Å²) < 4.78 is 5.90. The fourth-order valence-corrected chi connectivity index (χ4v) is 3.08. The fourth-order valence-electron chi connectivity index (χ4n) is 2.29. The summed E-state index contributed by atoms with van der Waals surface area (Å²) >= 11 is 1.40. The summed E-state index contributed by atoms with van der Waals surface area (Å²) in [7, 11) is 0. The van der Waals surface area contributed by atoms with Gasteiger partial charge in [0.05, 0.1) is 4.88 Å². The smallest absolute Gasteiger partial charge is 0.265 e. The Bertz CT molecular complexity index is 872. The van der Waals surface area contributed by atoms with Gasteiger partial charge >= 0.3 is 0 Å². The maximum absolute atomic E-state index is 12.3. The van der Waals surface area contributed by atoms with E-state index in [1.54, 1.807) is 24.5 Å². The van der Waals surface area contributed by atoms with Crippen LogP contribution in [0.25, 0.3) is 6.08 Å². The first-order valence-corrected chi connectivity index (χ1v) is 8.77. The van der Waals surface area contributed by atoms with Crippen molar-refractivity contribution in [3.05, 3.63) is 82.3 Å². The van der Waals surface area contributed by atoms with Crippen LogP contribution in [0.3, 0.4) is 0 Å². The second kappa shape index (κ2) is 8.26. The van der Waals surface area contributed by atoms with Gasteiger partial charge in [-0.1, -0.05) is 30.4 Å². The van der Waals surface area contributed by atoms with E-state index in [1.165, 1.54) is 11.3 Å². The second-order valence-corrected chi connectivity index (χ2v) is 6.25. The largest absolute Gasteiger partial charge is 0.488 e. The molecule has 1 amide bonds. The van der Waals surface area contributed by atoms with Crippen molar-refractivity contribution in [3.8, 4) is 5.75 Å². The number of hydrogen-bond donors (Lipinski definition) is 1. The third-order valence-corrected chi connectivity index (χ3v) is 4.45. The molecule has 25 heavy (non-hydrogen) atoms. The van der Waals surface area contributed by atoms with Crippen LogP contribution in [0.5, 0.6) is 5.75 Å². The molecule has 0 aliphatic rings. The number of allylic oxidation sites excluding steroid dienone is 1. The van der Waals surface area contributed by atoms with Gasteiger partial charge in [-0.25, -0.2) is 0 Å². The van der Waals surface area contributed by atoms with E-state index in [0.717, 1.165) is 22.6 Å².